The summed E-state index contributed by atoms with van der Waals surface area (Å²) in [4.78, 5) is 12.8. The van der Waals surface area contributed by atoms with Crippen molar-refractivity contribution in [3.8, 4) is 0 Å². The van der Waals surface area contributed by atoms with E-state index in [9.17, 15) is 9.90 Å². The Balaban J connectivity index is 2.33. The fourth-order valence-electron chi connectivity index (χ4n) is 1.69. The van der Waals surface area contributed by atoms with Gasteiger partial charge in [0.2, 0.25) is 5.91 Å². The molecule has 0 aromatic rings. The Labute approximate surface area is 84.0 Å². The van der Waals surface area contributed by atoms with Crippen LogP contribution in [-0.4, -0.2) is 47.7 Å². The number of nitrogens with two attached hydrogens (primary N) is 2. The molecule has 82 valence electrons. The fraction of sp³-hybridized carbons (Fsp3) is 0.889. The van der Waals surface area contributed by atoms with E-state index in [1.54, 1.807) is 0 Å². The Bertz CT molecular complexity index is 198. The van der Waals surface area contributed by atoms with E-state index in [0.717, 1.165) is 32.4 Å². The van der Waals surface area contributed by atoms with Crippen LogP contribution in [0.2, 0.25) is 0 Å². The van der Waals surface area contributed by atoms with Gasteiger partial charge in [-0.2, -0.15) is 0 Å². The molecule has 5 N–H and O–H groups in total. The summed E-state index contributed by atoms with van der Waals surface area (Å²) in [6, 6.07) is -0.592. The smallest absolute Gasteiger partial charge is 0.235 e. The molecule has 1 aliphatic rings. The van der Waals surface area contributed by atoms with Crippen LogP contribution in [-0.2, 0) is 4.79 Å². The van der Waals surface area contributed by atoms with E-state index < -0.39 is 11.9 Å². The van der Waals surface area contributed by atoms with Crippen molar-refractivity contribution >= 4 is 5.91 Å². The summed E-state index contributed by atoms with van der Waals surface area (Å²) < 4.78 is 0. The van der Waals surface area contributed by atoms with Gasteiger partial charge in [-0.25, -0.2) is 0 Å². The Morgan fingerprint density at radius 3 is 2.86 bits per heavy atom. The molecule has 14 heavy (non-hydrogen) atoms. The van der Waals surface area contributed by atoms with E-state index in [4.69, 9.17) is 11.5 Å². The third-order valence-corrected chi connectivity index (χ3v) is 2.61. The molecule has 0 bridgehead atoms. The molecule has 1 aliphatic heterocycles. The van der Waals surface area contributed by atoms with Gasteiger partial charge in [0.05, 0.1) is 12.1 Å². The molecule has 0 saturated carbocycles. The Morgan fingerprint density at radius 1 is 1.50 bits per heavy atom. The predicted molar refractivity (Wildman–Crippen MR) is 53.5 cm³/mol. The van der Waals surface area contributed by atoms with Gasteiger partial charge >= 0.3 is 0 Å². The molecule has 2 atom stereocenters. The van der Waals surface area contributed by atoms with Gasteiger partial charge in [-0.05, 0) is 25.8 Å². The molecule has 0 aromatic carbocycles. The summed E-state index contributed by atoms with van der Waals surface area (Å²) in [6.07, 6.45) is 2.34. The number of carbonyl (C=O) groups is 1. The minimum atomic E-state index is -0.592. The number of nitrogens with zero attached hydrogens (tertiary/aromatic N) is 1. The SMILES string of the molecule is NC(=O)C(N)CN1CCCC(O)CC1. The molecular weight excluding hydrogens is 182 g/mol. The number of aliphatic hydroxyl groups excluding tert-OH is 1. The summed E-state index contributed by atoms with van der Waals surface area (Å²) in [6.45, 7) is 2.18. The number of hydrogen-bond acceptors (Lipinski definition) is 4. The second-order valence-corrected chi connectivity index (χ2v) is 3.89. The molecule has 0 spiro atoms. The zero-order chi connectivity index (χ0) is 10.6. The maximum atomic E-state index is 10.7. The molecule has 0 radical (unpaired) electrons. The third kappa shape index (κ3) is 3.61. The minimum Gasteiger partial charge on any atom is -0.393 e. The zero-order valence-corrected chi connectivity index (χ0v) is 8.35. The number of rotatable bonds is 3. The van der Waals surface area contributed by atoms with Crippen LogP contribution >= 0.6 is 0 Å². The lowest BCUT2D eigenvalue weighted by molar-refractivity contribution is -0.119. The second-order valence-electron chi connectivity index (χ2n) is 3.89. The van der Waals surface area contributed by atoms with Crippen molar-refractivity contribution in [2.75, 3.05) is 19.6 Å². The van der Waals surface area contributed by atoms with Gasteiger partial charge < -0.3 is 21.5 Å². The van der Waals surface area contributed by atoms with Crippen LogP contribution in [0.1, 0.15) is 19.3 Å². The van der Waals surface area contributed by atoms with Crippen LogP contribution in [0.4, 0.5) is 0 Å². The molecule has 0 aliphatic carbocycles. The number of hydrogen-bond donors (Lipinski definition) is 3. The molecule has 1 rings (SSSR count). The van der Waals surface area contributed by atoms with Crippen molar-refractivity contribution < 1.29 is 9.90 Å². The van der Waals surface area contributed by atoms with Crippen LogP contribution in [0, 0.1) is 0 Å². The topological polar surface area (TPSA) is 92.6 Å². The molecule has 1 amide bonds. The molecular formula is C9H19N3O2. The van der Waals surface area contributed by atoms with Gasteiger partial charge in [-0.1, -0.05) is 0 Å². The highest BCUT2D eigenvalue weighted by Gasteiger charge is 2.18. The Hall–Kier alpha value is -0.650. The lowest BCUT2D eigenvalue weighted by Gasteiger charge is -2.22. The first kappa shape index (κ1) is 11.4. The highest BCUT2D eigenvalue weighted by atomic mass is 16.3. The van der Waals surface area contributed by atoms with Gasteiger partial charge in [-0.15, -0.1) is 0 Å². The summed E-state index contributed by atoms with van der Waals surface area (Å²) in [5.74, 6) is -0.463. The van der Waals surface area contributed by atoms with Crippen molar-refractivity contribution in [3.05, 3.63) is 0 Å². The van der Waals surface area contributed by atoms with E-state index in [1.165, 1.54) is 0 Å². The lowest BCUT2D eigenvalue weighted by Crippen LogP contribution is -2.46. The lowest BCUT2D eigenvalue weighted by atomic mass is 10.2. The molecule has 1 saturated heterocycles. The first-order valence-corrected chi connectivity index (χ1v) is 5.05. The van der Waals surface area contributed by atoms with Crippen LogP contribution < -0.4 is 11.5 Å². The number of amides is 1. The van der Waals surface area contributed by atoms with Crippen molar-refractivity contribution in [1.29, 1.82) is 0 Å². The highest BCUT2D eigenvalue weighted by molar-refractivity contribution is 5.79. The third-order valence-electron chi connectivity index (χ3n) is 2.61. The van der Waals surface area contributed by atoms with Gasteiger partial charge in [0.15, 0.2) is 0 Å². The van der Waals surface area contributed by atoms with Crippen molar-refractivity contribution in [2.45, 2.75) is 31.4 Å². The Kier molecular flexibility index (Phi) is 4.31. The van der Waals surface area contributed by atoms with Gasteiger partial charge in [0.1, 0.15) is 0 Å². The quantitative estimate of drug-likeness (QED) is 0.526. The Morgan fingerprint density at radius 2 is 2.21 bits per heavy atom. The maximum Gasteiger partial charge on any atom is 0.235 e. The normalized spacial score (nSPS) is 26.9. The molecule has 5 heteroatoms. The second kappa shape index (κ2) is 5.29. The van der Waals surface area contributed by atoms with Crippen LogP contribution in [0.5, 0.6) is 0 Å². The summed E-state index contributed by atoms with van der Waals surface area (Å²) >= 11 is 0. The van der Waals surface area contributed by atoms with E-state index in [2.05, 4.69) is 4.90 Å². The van der Waals surface area contributed by atoms with Crippen LogP contribution in [0.3, 0.4) is 0 Å². The van der Waals surface area contributed by atoms with E-state index >= 15 is 0 Å². The van der Waals surface area contributed by atoms with E-state index in [-0.39, 0.29) is 6.10 Å². The average molecular weight is 201 g/mol. The van der Waals surface area contributed by atoms with Crippen LogP contribution in [0.25, 0.3) is 0 Å². The zero-order valence-electron chi connectivity index (χ0n) is 8.35. The van der Waals surface area contributed by atoms with Crippen molar-refractivity contribution in [3.63, 3.8) is 0 Å². The van der Waals surface area contributed by atoms with Crippen LogP contribution in [0.15, 0.2) is 0 Å². The molecule has 1 fully saturated rings. The number of carbonyl (C=O) groups excluding carboxylic acids is 1. The fourth-order valence-corrected chi connectivity index (χ4v) is 1.69. The number of likely N-dealkylation sites (tertiary alicyclic amines) is 1. The molecule has 0 aromatic heterocycles. The van der Waals surface area contributed by atoms with E-state index in [0.29, 0.717) is 6.54 Å². The largest absolute Gasteiger partial charge is 0.393 e. The standard InChI is InChI=1S/C9H19N3O2/c10-8(9(11)14)6-12-4-1-2-7(13)3-5-12/h7-8,13H,1-6,10H2,(H2,11,14). The van der Waals surface area contributed by atoms with E-state index in [1.807, 2.05) is 0 Å². The summed E-state index contributed by atoms with van der Waals surface area (Å²) in [7, 11) is 0. The van der Waals surface area contributed by atoms with Gasteiger partial charge in [-0.3, -0.25) is 4.79 Å². The predicted octanol–water partition coefficient (Wildman–Crippen LogP) is -1.35. The monoisotopic (exact) mass is 201 g/mol. The average Bonchev–Trinajstić information content (AvgIpc) is 2.31. The summed E-state index contributed by atoms with van der Waals surface area (Å²) in [5, 5.41) is 9.40. The van der Waals surface area contributed by atoms with Crippen molar-refractivity contribution in [1.82, 2.24) is 4.90 Å². The first-order chi connectivity index (χ1) is 6.59. The van der Waals surface area contributed by atoms with Crippen molar-refractivity contribution in [2.24, 2.45) is 11.5 Å². The maximum absolute atomic E-state index is 10.7. The number of aliphatic hydroxyl groups is 1. The minimum absolute atomic E-state index is 0.204. The molecule has 1 heterocycles. The highest BCUT2D eigenvalue weighted by Crippen LogP contribution is 2.10. The number of primary amides is 1. The van der Waals surface area contributed by atoms with Gasteiger partial charge in [0, 0.05) is 13.1 Å². The molecule has 5 nitrogen and oxygen atoms in total. The van der Waals surface area contributed by atoms with Gasteiger partial charge in [0.25, 0.3) is 0 Å². The summed E-state index contributed by atoms with van der Waals surface area (Å²) in [5.41, 5.74) is 10.6. The molecule has 2 unspecified atom stereocenters. The first-order valence-electron chi connectivity index (χ1n) is 5.05.